The number of nitrogens with two attached hydrogens (primary N) is 2. The number of hydrogen-bond donors (Lipinski definition) is 2. The number of likely N-dealkylation sites (tertiary alicyclic amines) is 1. The molecule has 0 saturated carbocycles. The number of aromatic nitrogens is 3. The summed E-state index contributed by atoms with van der Waals surface area (Å²) in [4.78, 5) is 23.7. The molecule has 1 saturated heterocycles. The van der Waals surface area contributed by atoms with Gasteiger partial charge in [0.15, 0.2) is 0 Å². The lowest BCUT2D eigenvalue weighted by Gasteiger charge is -2.16. The maximum atomic E-state index is 12.1. The van der Waals surface area contributed by atoms with Crippen LogP contribution < -0.4 is 16.2 Å². The van der Waals surface area contributed by atoms with E-state index in [4.69, 9.17) is 16.2 Å². The number of rotatable bonds is 4. The van der Waals surface area contributed by atoms with Crippen molar-refractivity contribution in [2.24, 2.45) is 0 Å². The van der Waals surface area contributed by atoms with Crippen LogP contribution in [0.1, 0.15) is 18.0 Å². The minimum Gasteiger partial charge on any atom is -0.495 e. The van der Waals surface area contributed by atoms with Crippen LogP contribution in [-0.2, 0) is 4.79 Å². The van der Waals surface area contributed by atoms with E-state index in [1.54, 1.807) is 23.3 Å². The number of anilines is 2. The number of carbonyl (C=O) groups is 1. The van der Waals surface area contributed by atoms with Crippen molar-refractivity contribution in [2.45, 2.75) is 19.4 Å². The van der Waals surface area contributed by atoms with Crippen LogP contribution in [0, 0.1) is 6.92 Å². The number of fused-ring (bicyclic) bond motifs is 2. The van der Waals surface area contributed by atoms with Crippen LogP contribution in [0.15, 0.2) is 37.1 Å². The Kier molecular flexibility index (Phi) is 4.78. The van der Waals surface area contributed by atoms with Crippen molar-refractivity contribution in [2.75, 3.05) is 31.7 Å². The number of nitrogens with zero attached hydrogens (tertiary/aromatic N) is 4. The van der Waals surface area contributed by atoms with Crippen molar-refractivity contribution in [3.63, 3.8) is 0 Å². The number of methoxy groups -OCH3 is 1. The summed E-state index contributed by atoms with van der Waals surface area (Å²) < 4.78 is 8.77. The largest absolute Gasteiger partial charge is 0.495 e. The number of nitrogen functional groups attached to an aromatic ring is 2. The molecule has 1 aliphatic heterocycles. The molecule has 8 nitrogen and oxygen atoms in total. The first-order valence-electron chi connectivity index (χ1n) is 10.3. The van der Waals surface area contributed by atoms with Gasteiger partial charge in [-0.05, 0) is 42.5 Å². The molecule has 5 rings (SSSR count). The van der Waals surface area contributed by atoms with Gasteiger partial charge in [-0.2, -0.15) is 9.97 Å². The van der Waals surface area contributed by atoms with E-state index in [1.807, 2.05) is 6.07 Å². The number of carbonyl (C=O) groups excluding carboxylic acids is 1. The highest BCUT2D eigenvalue weighted by molar-refractivity contribution is 7.22. The van der Waals surface area contributed by atoms with E-state index in [0.717, 1.165) is 43.6 Å². The fourth-order valence-corrected chi connectivity index (χ4v) is 5.65. The van der Waals surface area contributed by atoms with E-state index in [0.29, 0.717) is 24.6 Å². The monoisotopic (exact) mass is 448 g/mol. The van der Waals surface area contributed by atoms with Crippen molar-refractivity contribution in [3.8, 4) is 16.2 Å². The van der Waals surface area contributed by atoms with Crippen molar-refractivity contribution in [1.82, 2.24) is 19.4 Å². The first-order valence-corrected chi connectivity index (χ1v) is 11.1. The normalized spacial score (nSPS) is 16.2. The van der Waals surface area contributed by atoms with Crippen molar-refractivity contribution in [1.29, 1.82) is 0 Å². The van der Waals surface area contributed by atoms with E-state index >= 15 is 0 Å². The Morgan fingerprint density at radius 3 is 2.88 bits per heavy atom. The number of thiophene rings is 1. The molecule has 164 valence electrons. The average molecular weight is 449 g/mol. The zero-order valence-corrected chi connectivity index (χ0v) is 18.8. The van der Waals surface area contributed by atoms with Gasteiger partial charge in [0, 0.05) is 29.7 Å². The number of ether oxygens (including phenoxy) is 1. The molecule has 9 heteroatoms. The number of amides is 1. The predicted octanol–water partition coefficient (Wildman–Crippen LogP) is 3.75. The van der Waals surface area contributed by atoms with Gasteiger partial charge < -0.3 is 25.7 Å². The summed E-state index contributed by atoms with van der Waals surface area (Å²) in [6, 6.07) is 6.39. The Morgan fingerprint density at radius 2 is 2.12 bits per heavy atom. The first-order chi connectivity index (χ1) is 15.4. The van der Waals surface area contributed by atoms with Gasteiger partial charge in [0.25, 0.3) is 0 Å². The van der Waals surface area contributed by atoms with Crippen LogP contribution in [0.5, 0.6) is 5.75 Å². The summed E-state index contributed by atoms with van der Waals surface area (Å²) in [7, 11) is 1.68. The van der Waals surface area contributed by atoms with Crippen LogP contribution in [0.4, 0.5) is 11.8 Å². The molecule has 0 radical (unpaired) electrons. The Morgan fingerprint density at radius 1 is 1.31 bits per heavy atom. The fraction of sp³-hybridized carbons (Fsp3) is 0.261. The van der Waals surface area contributed by atoms with E-state index < -0.39 is 0 Å². The maximum absolute atomic E-state index is 12.1. The summed E-state index contributed by atoms with van der Waals surface area (Å²) >= 11 is 1.64. The molecule has 1 unspecified atom stereocenters. The molecule has 32 heavy (non-hydrogen) atoms. The lowest BCUT2D eigenvalue weighted by atomic mass is 10.1. The average Bonchev–Trinajstić information content (AvgIpc) is 3.48. The Labute approximate surface area is 189 Å². The summed E-state index contributed by atoms with van der Waals surface area (Å²) in [5, 5.41) is 1.89. The molecule has 0 spiro atoms. The summed E-state index contributed by atoms with van der Waals surface area (Å²) in [5.74, 6) is 1.26. The summed E-state index contributed by atoms with van der Waals surface area (Å²) in [6.45, 7) is 6.90. The third-order valence-corrected chi connectivity index (χ3v) is 7.17. The quantitative estimate of drug-likeness (QED) is 0.460. The van der Waals surface area contributed by atoms with Gasteiger partial charge in [-0.25, -0.2) is 0 Å². The second kappa shape index (κ2) is 7.52. The molecule has 1 fully saturated rings. The van der Waals surface area contributed by atoms with Gasteiger partial charge in [-0.15, -0.1) is 11.3 Å². The minimum absolute atomic E-state index is 0.0648. The van der Waals surface area contributed by atoms with Gasteiger partial charge in [0.1, 0.15) is 17.2 Å². The predicted molar refractivity (Wildman–Crippen MR) is 129 cm³/mol. The third-order valence-electron chi connectivity index (χ3n) is 5.97. The zero-order valence-electron chi connectivity index (χ0n) is 18.0. The van der Waals surface area contributed by atoms with E-state index in [1.165, 1.54) is 6.08 Å². The SMILES string of the molecule is C=CC(=O)N1CCC(n2cc(-c3cc4cc(C)cc(OC)c4s3)c3c(N)nc(N)nc32)C1. The molecular weight excluding hydrogens is 424 g/mol. The first kappa shape index (κ1) is 20.3. The molecule has 3 aromatic heterocycles. The van der Waals surface area contributed by atoms with Crippen molar-refractivity contribution < 1.29 is 9.53 Å². The van der Waals surface area contributed by atoms with Gasteiger partial charge >= 0.3 is 0 Å². The Bertz CT molecular complexity index is 1390. The smallest absolute Gasteiger partial charge is 0.246 e. The van der Waals surface area contributed by atoms with Gasteiger partial charge in [-0.3, -0.25) is 4.79 Å². The zero-order chi connectivity index (χ0) is 22.6. The molecule has 1 aliphatic rings. The second-order valence-corrected chi connectivity index (χ2v) is 9.09. The molecule has 4 N–H and O–H groups in total. The number of benzene rings is 1. The molecule has 1 atom stereocenters. The van der Waals surface area contributed by atoms with Gasteiger partial charge in [0.2, 0.25) is 11.9 Å². The molecule has 4 heterocycles. The molecule has 0 aliphatic carbocycles. The minimum atomic E-state index is -0.0650. The standard InChI is InChI=1S/C23H24N6O2S/c1-4-18(30)28-6-5-14(10-28)29-11-15(19-21(24)26-23(25)27-22(19)29)17-9-13-7-12(2)8-16(31-3)20(13)32-17/h4,7-9,11,14H,1,5-6,10H2,2-3H3,(H4,24,25,26,27). The van der Waals surface area contributed by atoms with Crippen LogP contribution in [0.2, 0.25) is 0 Å². The summed E-state index contributed by atoms with van der Waals surface area (Å²) in [5.41, 5.74) is 15.1. The van der Waals surface area contributed by atoms with Crippen molar-refractivity contribution >= 4 is 50.1 Å². The molecule has 4 aromatic rings. The molecule has 1 amide bonds. The molecule has 0 bridgehead atoms. The van der Waals surface area contributed by atoms with E-state index in [9.17, 15) is 4.79 Å². The Hall–Kier alpha value is -3.59. The molecular formula is C23H24N6O2S. The van der Waals surface area contributed by atoms with Gasteiger partial charge in [-0.1, -0.05) is 12.6 Å². The highest BCUT2D eigenvalue weighted by Gasteiger charge is 2.29. The van der Waals surface area contributed by atoms with Gasteiger partial charge in [0.05, 0.1) is 23.2 Å². The second-order valence-electron chi connectivity index (χ2n) is 8.04. The number of hydrogen-bond acceptors (Lipinski definition) is 7. The van der Waals surface area contributed by atoms with Crippen LogP contribution in [0.25, 0.3) is 31.6 Å². The van der Waals surface area contributed by atoms with Crippen LogP contribution >= 0.6 is 11.3 Å². The maximum Gasteiger partial charge on any atom is 0.246 e. The summed E-state index contributed by atoms with van der Waals surface area (Å²) in [6.07, 6.45) is 4.23. The van der Waals surface area contributed by atoms with Crippen LogP contribution in [0.3, 0.4) is 0 Å². The molecule has 1 aromatic carbocycles. The number of aryl methyl sites for hydroxylation is 1. The highest BCUT2D eigenvalue weighted by Crippen LogP contribution is 2.44. The Balaban J connectivity index is 1.69. The van der Waals surface area contributed by atoms with E-state index in [2.05, 4.69) is 46.4 Å². The highest BCUT2D eigenvalue weighted by atomic mass is 32.1. The third kappa shape index (κ3) is 3.16. The van der Waals surface area contributed by atoms with Crippen molar-refractivity contribution in [3.05, 3.63) is 42.6 Å². The van der Waals surface area contributed by atoms with Crippen LogP contribution in [-0.4, -0.2) is 45.5 Å². The topological polar surface area (TPSA) is 112 Å². The van der Waals surface area contributed by atoms with E-state index in [-0.39, 0.29) is 17.9 Å². The lowest BCUT2D eigenvalue weighted by molar-refractivity contribution is -0.125. The fourth-order valence-electron chi connectivity index (χ4n) is 4.51. The lowest BCUT2D eigenvalue weighted by Crippen LogP contribution is -2.27.